The van der Waals surface area contributed by atoms with Crippen molar-refractivity contribution in [1.82, 2.24) is 15.3 Å². The van der Waals surface area contributed by atoms with Crippen molar-refractivity contribution in [2.45, 2.75) is 38.1 Å². The van der Waals surface area contributed by atoms with Gasteiger partial charge in [-0.1, -0.05) is 19.3 Å². The maximum Gasteiger partial charge on any atom is 0.323 e. The third-order valence-electron chi connectivity index (χ3n) is 3.79. The molecule has 2 aromatic rings. The summed E-state index contributed by atoms with van der Waals surface area (Å²) >= 11 is 8.88. The van der Waals surface area contributed by atoms with Crippen molar-refractivity contribution >= 4 is 50.0 Å². The molecule has 1 aromatic heterocycles. The molecule has 0 saturated heterocycles. The van der Waals surface area contributed by atoms with Crippen molar-refractivity contribution in [3.05, 3.63) is 27.1 Å². The highest BCUT2D eigenvalue weighted by Crippen LogP contribution is 2.26. The predicted octanol–water partition coefficient (Wildman–Crippen LogP) is 3.24. The number of aromatic nitrogens is 2. The highest BCUT2D eigenvalue weighted by molar-refractivity contribution is 9.10. The Bertz CT molecular complexity index is 717. The molecule has 0 atom stereocenters. The molecule has 112 valence electrons. The van der Waals surface area contributed by atoms with Crippen LogP contribution in [0.2, 0.25) is 0 Å². The smallest absolute Gasteiger partial charge is 0.323 e. The molecule has 1 aliphatic carbocycles. The summed E-state index contributed by atoms with van der Waals surface area (Å²) < 4.78 is 0.859. The molecule has 1 aromatic carbocycles. The minimum Gasteiger partial charge on any atom is -0.360 e. The van der Waals surface area contributed by atoms with E-state index in [0.29, 0.717) is 11.2 Å². The van der Waals surface area contributed by atoms with Gasteiger partial charge in [-0.2, -0.15) is 0 Å². The molecule has 21 heavy (non-hydrogen) atoms. The number of anilines is 1. The lowest BCUT2D eigenvalue weighted by molar-refractivity contribution is 0.415. The number of benzene rings is 1. The van der Waals surface area contributed by atoms with Crippen LogP contribution in [0.3, 0.4) is 0 Å². The number of fused-ring (bicyclic) bond motifs is 1. The van der Waals surface area contributed by atoms with E-state index in [1.54, 1.807) is 0 Å². The van der Waals surface area contributed by atoms with Crippen molar-refractivity contribution in [1.29, 1.82) is 0 Å². The molecule has 0 bridgehead atoms. The zero-order chi connectivity index (χ0) is 14.8. The summed E-state index contributed by atoms with van der Waals surface area (Å²) in [6.07, 6.45) is 6.20. The van der Waals surface area contributed by atoms with Crippen LogP contribution in [0.25, 0.3) is 11.0 Å². The molecule has 4 N–H and O–H groups in total. The lowest BCUT2D eigenvalue weighted by Gasteiger charge is -2.24. The van der Waals surface area contributed by atoms with E-state index in [2.05, 4.69) is 36.5 Å². The van der Waals surface area contributed by atoms with Gasteiger partial charge < -0.3 is 20.6 Å². The van der Waals surface area contributed by atoms with Gasteiger partial charge in [0.15, 0.2) is 5.11 Å². The summed E-state index contributed by atoms with van der Waals surface area (Å²) in [5, 5.41) is 7.19. The van der Waals surface area contributed by atoms with Crippen LogP contribution in [0.5, 0.6) is 0 Å². The van der Waals surface area contributed by atoms with E-state index in [9.17, 15) is 4.79 Å². The van der Waals surface area contributed by atoms with Crippen molar-refractivity contribution in [2.75, 3.05) is 5.32 Å². The number of halogens is 1. The van der Waals surface area contributed by atoms with E-state index in [4.69, 9.17) is 12.2 Å². The fourth-order valence-electron chi connectivity index (χ4n) is 2.74. The third kappa shape index (κ3) is 3.47. The topological polar surface area (TPSA) is 72.7 Å². The number of imidazole rings is 1. The lowest BCUT2D eigenvalue weighted by Crippen LogP contribution is -2.38. The first-order valence-electron chi connectivity index (χ1n) is 7.11. The van der Waals surface area contributed by atoms with Crippen LogP contribution in [0, 0.1) is 0 Å². The summed E-state index contributed by atoms with van der Waals surface area (Å²) in [5.41, 5.74) is 2.15. The molecule has 0 radical (unpaired) electrons. The Labute approximate surface area is 136 Å². The Morgan fingerprint density at radius 3 is 2.57 bits per heavy atom. The van der Waals surface area contributed by atoms with Crippen LogP contribution in [0.15, 0.2) is 21.4 Å². The minimum absolute atomic E-state index is 0.211. The van der Waals surface area contributed by atoms with Gasteiger partial charge in [0.25, 0.3) is 0 Å². The minimum atomic E-state index is -0.211. The first-order valence-corrected chi connectivity index (χ1v) is 8.31. The Morgan fingerprint density at radius 2 is 1.86 bits per heavy atom. The standard InChI is InChI=1S/C14H17BrN4OS/c15-9-6-11-12(18-13(20)17-11)7-10(9)19-14(21)16-8-4-2-1-3-5-8/h6-8H,1-5H2,(H2,16,19,21)(H2,17,18,20). The maximum atomic E-state index is 11.3. The van der Waals surface area contributed by atoms with Crippen molar-refractivity contribution in [3.63, 3.8) is 0 Å². The van der Waals surface area contributed by atoms with E-state index in [-0.39, 0.29) is 5.69 Å². The highest BCUT2D eigenvalue weighted by Gasteiger charge is 2.14. The van der Waals surface area contributed by atoms with Crippen molar-refractivity contribution in [2.24, 2.45) is 0 Å². The molecular formula is C14H17BrN4OS. The van der Waals surface area contributed by atoms with Crippen LogP contribution in [0.1, 0.15) is 32.1 Å². The monoisotopic (exact) mass is 368 g/mol. The second kappa shape index (κ2) is 6.19. The van der Waals surface area contributed by atoms with Crippen LogP contribution in [-0.2, 0) is 0 Å². The summed E-state index contributed by atoms with van der Waals surface area (Å²) in [6, 6.07) is 4.19. The normalized spacial score (nSPS) is 16.0. The van der Waals surface area contributed by atoms with E-state index < -0.39 is 0 Å². The van der Waals surface area contributed by atoms with E-state index >= 15 is 0 Å². The number of H-pyrrole nitrogens is 2. The molecule has 1 heterocycles. The second-order valence-electron chi connectivity index (χ2n) is 5.39. The SMILES string of the molecule is O=c1[nH]c2cc(Br)c(NC(=S)NC3CCCCC3)cc2[nH]1. The number of hydrogen-bond donors (Lipinski definition) is 4. The zero-order valence-electron chi connectivity index (χ0n) is 11.5. The molecule has 5 nitrogen and oxygen atoms in total. The van der Waals surface area contributed by atoms with E-state index in [1.807, 2.05) is 12.1 Å². The molecule has 0 spiro atoms. The largest absolute Gasteiger partial charge is 0.360 e. The summed E-state index contributed by atoms with van der Waals surface area (Å²) in [4.78, 5) is 16.8. The molecular weight excluding hydrogens is 352 g/mol. The van der Waals surface area contributed by atoms with Gasteiger partial charge in [-0.25, -0.2) is 4.79 Å². The van der Waals surface area contributed by atoms with Gasteiger partial charge in [0, 0.05) is 10.5 Å². The fraction of sp³-hybridized carbons (Fsp3) is 0.429. The summed E-state index contributed by atoms with van der Waals surface area (Å²) in [7, 11) is 0. The maximum absolute atomic E-state index is 11.3. The molecule has 7 heteroatoms. The van der Waals surface area contributed by atoms with Crippen LogP contribution >= 0.6 is 28.1 Å². The molecule has 3 rings (SSSR count). The van der Waals surface area contributed by atoms with Gasteiger partial charge in [-0.05, 0) is 53.1 Å². The Morgan fingerprint density at radius 1 is 1.19 bits per heavy atom. The first kappa shape index (κ1) is 14.6. The van der Waals surface area contributed by atoms with E-state index in [1.165, 1.54) is 32.1 Å². The molecule has 0 unspecified atom stereocenters. The number of nitrogens with one attached hydrogen (secondary N) is 4. The van der Waals surface area contributed by atoms with Gasteiger partial charge in [0.2, 0.25) is 0 Å². The van der Waals surface area contributed by atoms with Gasteiger partial charge >= 0.3 is 5.69 Å². The van der Waals surface area contributed by atoms with Gasteiger partial charge in [-0.15, -0.1) is 0 Å². The average Bonchev–Trinajstić information content (AvgIpc) is 2.79. The Balaban J connectivity index is 1.72. The Hall–Kier alpha value is -1.34. The van der Waals surface area contributed by atoms with Crippen LogP contribution in [0.4, 0.5) is 5.69 Å². The molecule has 0 amide bonds. The quantitative estimate of drug-likeness (QED) is 0.614. The molecule has 1 saturated carbocycles. The second-order valence-corrected chi connectivity index (χ2v) is 6.65. The lowest BCUT2D eigenvalue weighted by atomic mass is 9.96. The van der Waals surface area contributed by atoms with Gasteiger partial charge in [0.05, 0.1) is 16.7 Å². The molecule has 1 fully saturated rings. The zero-order valence-corrected chi connectivity index (χ0v) is 13.9. The van der Waals surface area contributed by atoms with E-state index in [0.717, 1.165) is 21.2 Å². The fourth-order valence-corrected chi connectivity index (χ4v) is 3.46. The van der Waals surface area contributed by atoms with Gasteiger partial charge in [0.1, 0.15) is 0 Å². The van der Waals surface area contributed by atoms with Gasteiger partial charge in [-0.3, -0.25) is 0 Å². The van der Waals surface area contributed by atoms with Crippen molar-refractivity contribution in [3.8, 4) is 0 Å². The first-order chi connectivity index (χ1) is 10.1. The predicted molar refractivity (Wildman–Crippen MR) is 92.8 cm³/mol. The summed E-state index contributed by atoms with van der Waals surface area (Å²) in [5.74, 6) is 0. The van der Waals surface area contributed by atoms with Crippen molar-refractivity contribution < 1.29 is 0 Å². The summed E-state index contributed by atoms with van der Waals surface area (Å²) in [6.45, 7) is 0. The number of hydrogen-bond acceptors (Lipinski definition) is 2. The molecule has 0 aliphatic heterocycles. The molecule has 1 aliphatic rings. The highest BCUT2D eigenvalue weighted by atomic mass is 79.9. The van der Waals surface area contributed by atoms with Crippen LogP contribution in [-0.4, -0.2) is 21.1 Å². The number of aromatic amines is 2. The average molecular weight is 369 g/mol. The van der Waals surface area contributed by atoms with Crippen LogP contribution < -0.4 is 16.3 Å². The number of rotatable bonds is 2. The Kier molecular flexibility index (Phi) is 4.30. The third-order valence-corrected chi connectivity index (χ3v) is 4.67. The number of thiocarbonyl (C=S) groups is 1.